The van der Waals surface area contributed by atoms with Crippen molar-refractivity contribution >= 4 is 23.4 Å². The summed E-state index contributed by atoms with van der Waals surface area (Å²) in [6, 6.07) is 19.1. The number of unbranched alkanes of at least 4 members (excludes halogenated alkanes) is 1. The van der Waals surface area contributed by atoms with Crippen molar-refractivity contribution in [3.05, 3.63) is 71.9 Å². The van der Waals surface area contributed by atoms with Gasteiger partial charge in [0.15, 0.2) is 0 Å². The molecule has 0 saturated heterocycles. The topological polar surface area (TPSA) is 79.3 Å². The summed E-state index contributed by atoms with van der Waals surface area (Å²) >= 11 is 0. The first-order valence-corrected chi connectivity index (χ1v) is 12.3. The summed E-state index contributed by atoms with van der Waals surface area (Å²) in [4.78, 5) is 27.7. The molecule has 0 aliphatic rings. The Morgan fingerprint density at radius 1 is 0.971 bits per heavy atom. The lowest BCUT2D eigenvalue weighted by Crippen LogP contribution is -2.41. The van der Waals surface area contributed by atoms with Crippen LogP contribution < -0.4 is 10.6 Å². The van der Waals surface area contributed by atoms with E-state index >= 15 is 0 Å². The maximum Gasteiger partial charge on any atom is 0.322 e. The molecule has 3 amide bonds. The summed E-state index contributed by atoms with van der Waals surface area (Å²) in [6.07, 6.45) is 2.62. The predicted molar refractivity (Wildman–Crippen MR) is 142 cm³/mol. The summed E-state index contributed by atoms with van der Waals surface area (Å²) < 4.78 is 1.74. The monoisotopic (exact) mass is 475 g/mol. The van der Waals surface area contributed by atoms with Crippen molar-refractivity contribution in [3.8, 4) is 5.69 Å². The zero-order valence-corrected chi connectivity index (χ0v) is 21.5. The van der Waals surface area contributed by atoms with Crippen molar-refractivity contribution in [1.82, 2.24) is 14.7 Å². The number of aryl methyl sites for hydroxylation is 1. The lowest BCUT2D eigenvalue weighted by atomic mass is 9.92. The van der Waals surface area contributed by atoms with Crippen molar-refractivity contribution in [2.45, 2.75) is 59.3 Å². The Balaban J connectivity index is 1.78. The fourth-order valence-electron chi connectivity index (χ4n) is 3.63. The second-order valence-electron chi connectivity index (χ2n) is 9.72. The molecule has 0 radical (unpaired) electrons. The average molecular weight is 476 g/mol. The van der Waals surface area contributed by atoms with Gasteiger partial charge in [-0.3, -0.25) is 4.79 Å². The highest BCUT2D eigenvalue weighted by Crippen LogP contribution is 2.26. The first-order chi connectivity index (χ1) is 16.7. The zero-order chi connectivity index (χ0) is 25.4. The van der Waals surface area contributed by atoms with Crippen LogP contribution in [0.2, 0.25) is 0 Å². The van der Waals surface area contributed by atoms with Gasteiger partial charge in [0.2, 0.25) is 5.91 Å². The Bertz CT molecular complexity index is 1130. The number of nitrogens with one attached hydrogen (secondary N) is 2. The van der Waals surface area contributed by atoms with Crippen LogP contribution in [0.4, 0.5) is 16.3 Å². The van der Waals surface area contributed by atoms with Gasteiger partial charge in [-0.15, -0.1) is 0 Å². The van der Waals surface area contributed by atoms with Crippen molar-refractivity contribution in [2.24, 2.45) is 0 Å². The number of benzene rings is 2. The molecular weight excluding hydrogens is 438 g/mol. The van der Waals surface area contributed by atoms with E-state index in [0.29, 0.717) is 12.4 Å². The molecule has 0 aliphatic carbocycles. The summed E-state index contributed by atoms with van der Waals surface area (Å²) in [7, 11) is 0. The van der Waals surface area contributed by atoms with E-state index in [1.54, 1.807) is 9.58 Å². The summed E-state index contributed by atoms with van der Waals surface area (Å²) in [5.41, 5.74) is 3.42. The molecule has 35 heavy (non-hydrogen) atoms. The van der Waals surface area contributed by atoms with Crippen molar-refractivity contribution in [1.29, 1.82) is 0 Å². The SMILES string of the molecule is CCCCN(CC(=O)Nc1cc(C(C)(C)C)nn1-c1ccccc1)C(=O)Nc1cccc(CC)c1. The van der Waals surface area contributed by atoms with Gasteiger partial charge in [-0.2, -0.15) is 5.10 Å². The van der Waals surface area contributed by atoms with Gasteiger partial charge in [0, 0.05) is 23.7 Å². The van der Waals surface area contributed by atoms with Crippen molar-refractivity contribution < 1.29 is 9.59 Å². The molecule has 2 aromatic carbocycles. The van der Waals surface area contributed by atoms with Gasteiger partial charge < -0.3 is 15.5 Å². The maximum atomic E-state index is 13.1. The molecule has 0 aliphatic heterocycles. The number of hydrogen-bond donors (Lipinski definition) is 2. The Kier molecular flexibility index (Phi) is 8.68. The van der Waals surface area contributed by atoms with Crippen LogP contribution in [0.1, 0.15) is 58.7 Å². The summed E-state index contributed by atoms with van der Waals surface area (Å²) in [5, 5.41) is 10.7. The number of hydrogen-bond acceptors (Lipinski definition) is 3. The number of carbonyl (C=O) groups excluding carboxylic acids is 2. The number of nitrogens with zero attached hydrogens (tertiary/aromatic N) is 3. The normalized spacial score (nSPS) is 11.2. The van der Waals surface area contributed by atoms with E-state index < -0.39 is 0 Å². The van der Waals surface area contributed by atoms with Crippen molar-refractivity contribution in [2.75, 3.05) is 23.7 Å². The third-order valence-corrected chi connectivity index (χ3v) is 5.74. The molecule has 7 heteroatoms. The fraction of sp³-hybridized carbons (Fsp3) is 0.393. The van der Waals surface area contributed by atoms with Crippen LogP contribution in [-0.2, 0) is 16.6 Å². The molecule has 0 unspecified atom stereocenters. The quantitative estimate of drug-likeness (QED) is 0.398. The number of aromatic nitrogens is 2. The Hall–Kier alpha value is -3.61. The molecule has 0 atom stereocenters. The third-order valence-electron chi connectivity index (χ3n) is 5.74. The van der Waals surface area contributed by atoms with E-state index in [0.717, 1.165) is 41.9 Å². The van der Waals surface area contributed by atoms with Gasteiger partial charge in [-0.25, -0.2) is 9.48 Å². The minimum atomic E-state index is -0.284. The standard InChI is InChI=1S/C28H37N5O2/c1-6-8-17-32(27(35)29-22-14-12-13-21(7-2)18-22)20-26(34)30-25-19-24(28(3,4)5)31-33(25)23-15-10-9-11-16-23/h9-16,18-19H,6-8,17,20H2,1-5H3,(H,29,35)(H,30,34). The number of amides is 3. The molecule has 2 N–H and O–H groups in total. The predicted octanol–water partition coefficient (Wildman–Crippen LogP) is 6.00. The van der Waals surface area contributed by atoms with Crippen LogP contribution in [0.5, 0.6) is 0 Å². The van der Waals surface area contributed by atoms with Gasteiger partial charge in [-0.05, 0) is 42.7 Å². The van der Waals surface area contributed by atoms with E-state index in [9.17, 15) is 9.59 Å². The molecule has 186 valence electrons. The molecule has 1 aromatic heterocycles. The van der Waals surface area contributed by atoms with Crippen LogP contribution in [-0.4, -0.2) is 39.7 Å². The maximum absolute atomic E-state index is 13.1. The molecule has 3 aromatic rings. The van der Waals surface area contributed by atoms with Gasteiger partial charge >= 0.3 is 6.03 Å². The first kappa shape index (κ1) is 26.0. The van der Waals surface area contributed by atoms with E-state index in [1.165, 1.54) is 0 Å². The highest BCUT2D eigenvalue weighted by Gasteiger charge is 2.23. The summed E-state index contributed by atoms with van der Waals surface area (Å²) in [6.45, 7) is 10.8. The summed E-state index contributed by atoms with van der Waals surface area (Å²) in [5.74, 6) is 0.314. The number of para-hydroxylation sites is 1. The average Bonchev–Trinajstić information content (AvgIpc) is 3.26. The molecule has 0 bridgehead atoms. The molecule has 0 fully saturated rings. The third kappa shape index (κ3) is 7.18. The van der Waals surface area contributed by atoms with E-state index in [1.807, 2.05) is 60.7 Å². The molecule has 3 rings (SSSR count). The second kappa shape index (κ2) is 11.7. The second-order valence-corrected chi connectivity index (χ2v) is 9.72. The molecule has 1 heterocycles. The van der Waals surface area contributed by atoms with Gasteiger partial charge in [0.25, 0.3) is 0 Å². The van der Waals surface area contributed by atoms with E-state index in [4.69, 9.17) is 5.10 Å². The Morgan fingerprint density at radius 2 is 1.71 bits per heavy atom. The molecule has 7 nitrogen and oxygen atoms in total. The molecule has 0 saturated carbocycles. The van der Waals surface area contributed by atoms with Crippen LogP contribution in [0.25, 0.3) is 5.69 Å². The number of carbonyl (C=O) groups is 2. The van der Waals surface area contributed by atoms with Crippen LogP contribution in [0.3, 0.4) is 0 Å². The number of anilines is 2. The largest absolute Gasteiger partial charge is 0.322 e. The molecular formula is C28H37N5O2. The van der Waals surface area contributed by atoms with Gasteiger partial charge in [-0.1, -0.05) is 71.4 Å². The van der Waals surface area contributed by atoms with Crippen LogP contribution in [0, 0.1) is 0 Å². The van der Waals surface area contributed by atoms with E-state index in [2.05, 4.69) is 45.3 Å². The Morgan fingerprint density at radius 3 is 2.37 bits per heavy atom. The number of urea groups is 1. The highest BCUT2D eigenvalue weighted by molar-refractivity contribution is 5.96. The first-order valence-electron chi connectivity index (χ1n) is 12.3. The highest BCUT2D eigenvalue weighted by atomic mass is 16.2. The van der Waals surface area contributed by atoms with Crippen molar-refractivity contribution in [3.63, 3.8) is 0 Å². The minimum Gasteiger partial charge on any atom is -0.315 e. The van der Waals surface area contributed by atoms with Crippen LogP contribution in [0.15, 0.2) is 60.7 Å². The number of rotatable bonds is 9. The lowest BCUT2D eigenvalue weighted by Gasteiger charge is -2.22. The van der Waals surface area contributed by atoms with Gasteiger partial charge in [0.1, 0.15) is 12.4 Å². The van der Waals surface area contributed by atoms with E-state index in [-0.39, 0.29) is 23.9 Å². The fourth-order valence-corrected chi connectivity index (χ4v) is 3.63. The smallest absolute Gasteiger partial charge is 0.315 e. The van der Waals surface area contributed by atoms with Crippen LogP contribution >= 0.6 is 0 Å². The Labute approximate surface area is 208 Å². The van der Waals surface area contributed by atoms with Gasteiger partial charge in [0.05, 0.1) is 11.4 Å². The zero-order valence-electron chi connectivity index (χ0n) is 21.5. The molecule has 0 spiro atoms. The minimum absolute atomic E-state index is 0.0515. The lowest BCUT2D eigenvalue weighted by molar-refractivity contribution is -0.116.